The number of aliphatic hydroxyl groups is 1. The summed E-state index contributed by atoms with van der Waals surface area (Å²) in [5.74, 6) is 0.0362. The molecule has 3 aromatic carbocycles. The fraction of sp³-hybridized carbons (Fsp3) is 0.333. The Morgan fingerprint density at radius 1 is 0.767 bits per heavy atom. The van der Waals surface area contributed by atoms with Gasteiger partial charge in [0.05, 0.1) is 0 Å². The summed E-state index contributed by atoms with van der Waals surface area (Å²) in [5, 5.41) is 12.7. The fourth-order valence-electron chi connectivity index (χ4n) is 4.36. The van der Waals surface area contributed by atoms with Gasteiger partial charge in [-0.05, 0) is 34.3 Å². The molecule has 0 spiro atoms. The molecule has 0 aliphatic heterocycles. The predicted octanol–water partition coefficient (Wildman–Crippen LogP) is 4.80. The summed E-state index contributed by atoms with van der Waals surface area (Å²) in [6.07, 6.45) is 0.720. The van der Waals surface area contributed by atoms with Crippen molar-refractivity contribution in [1.82, 2.24) is 0 Å². The van der Waals surface area contributed by atoms with Crippen LogP contribution in [0.3, 0.4) is 0 Å². The Morgan fingerprint density at radius 2 is 1.20 bits per heavy atom. The van der Waals surface area contributed by atoms with Crippen LogP contribution in [-0.4, -0.2) is 26.1 Å². The zero-order valence-corrected chi connectivity index (χ0v) is 19.6. The van der Waals surface area contributed by atoms with Crippen LogP contribution in [0.15, 0.2) is 91.0 Å². The van der Waals surface area contributed by atoms with E-state index in [9.17, 15) is 5.11 Å². The molecule has 0 aromatic heterocycles. The minimum atomic E-state index is -2.62. The van der Waals surface area contributed by atoms with E-state index in [1.807, 2.05) is 6.07 Å². The molecule has 0 fully saturated rings. The molecule has 0 bridgehead atoms. The first-order valence-corrected chi connectivity index (χ1v) is 12.7. The highest BCUT2D eigenvalue weighted by molar-refractivity contribution is 6.99. The number of rotatable bonds is 8. The molecule has 0 saturated carbocycles. The second-order valence-electron chi connectivity index (χ2n) is 9.12. The predicted molar refractivity (Wildman–Crippen MR) is 129 cm³/mol. The van der Waals surface area contributed by atoms with Gasteiger partial charge in [-0.15, -0.1) is 0 Å². The van der Waals surface area contributed by atoms with E-state index in [-0.39, 0.29) is 23.7 Å². The molecule has 2 atom stereocenters. The Hall–Kier alpha value is -2.20. The first-order chi connectivity index (χ1) is 14.4. The molecule has 0 radical (unpaired) electrons. The Morgan fingerprint density at radius 3 is 1.60 bits per heavy atom. The molecule has 0 heterocycles. The van der Waals surface area contributed by atoms with E-state index in [0.29, 0.717) is 0 Å². The summed E-state index contributed by atoms with van der Waals surface area (Å²) < 4.78 is 7.18. The zero-order chi connectivity index (χ0) is 21.6. The van der Waals surface area contributed by atoms with Crippen LogP contribution < -0.4 is 10.4 Å². The topological polar surface area (TPSA) is 29.5 Å². The van der Waals surface area contributed by atoms with Crippen molar-refractivity contribution >= 4 is 18.7 Å². The average Bonchev–Trinajstić information content (AvgIpc) is 2.76. The molecule has 158 valence electrons. The number of benzene rings is 3. The molecule has 1 N–H and O–H groups in total. The molecule has 0 aliphatic carbocycles. The van der Waals surface area contributed by atoms with Crippen LogP contribution >= 0.6 is 0 Å². The molecular formula is C27H34O2Si. The molecule has 3 aromatic rings. The van der Waals surface area contributed by atoms with Gasteiger partial charge in [-0.3, -0.25) is 0 Å². The second-order valence-corrected chi connectivity index (χ2v) is 13.4. The van der Waals surface area contributed by atoms with Gasteiger partial charge in [-0.2, -0.15) is 0 Å². The highest BCUT2D eigenvalue weighted by Crippen LogP contribution is 2.38. The monoisotopic (exact) mass is 418 g/mol. The van der Waals surface area contributed by atoms with Gasteiger partial charge in [0.2, 0.25) is 0 Å². The lowest BCUT2D eigenvalue weighted by Gasteiger charge is -2.45. The largest absolute Gasteiger partial charge is 0.404 e. The van der Waals surface area contributed by atoms with Crippen molar-refractivity contribution < 1.29 is 9.53 Å². The van der Waals surface area contributed by atoms with Crippen LogP contribution in [0.2, 0.25) is 5.04 Å². The Labute approximate surface area is 182 Å². The van der Waals surface area contributed by atoms with E-state index < -0.39 is 8.32 Å². The van der Waals surface area contributed by atoms with Gasteiger partial charge in [0.25, 0.3) is 8.32 Å². The molecule has 2 nitrogen and oxygen atoms in total. The van der Waals surface area contributed by atoms with Crippen LogP contribution in [0, 0.1) is 5.92 Å². The van der Waals surface area contributed by atoms with Gasteiger partial charge in [-0.25, -0.2) is 0 Å². The van der Waals surface area contributed by atoms with Gasteiger partial charge in [0, 0.05) is 18.6 Å². The Kier molecular flexibility index (Phi) is 7.30. The maximum atomic E-state index is 10.2. The van der Waals surface area contributed by atoms with Crippen molar-refractivity contribution in [2.45, 2.75) is 45.3 Å². The highest BCUT2D eigenvalue weighted by atomic mass is 28.4. The number of hydrogen-bond donors (Lipinski definition) is 1. The highest BCUT2D eigenvalue weighted by Gasteiger charge is 2.51. The van der Waals surface area contributed by atoms with Gasteiger partial charge < -0.3 is 9.53 Å². The van der Waals surface area contributed by atoms with Crippen molar-refractivity contribution in [3.8, 4) is 0 Å². The summed E-state index contributed by atoms with van der Waals surface area (Å²) in [4.78, 5) is 0. The molecule has 0 aliphatic rings. The van der Waals surface area contributed by atoms with E-state index in [2.05, 4.69) is 113 Å². The third kappa shape index (κ3) is 4.75. The minimum absolute atomic E-state index is 0.0362. The average molecular weight is 419 g/mol. The van der Waals surface area contributed by atoms with E-state index in [0.717, 1.165) is 6.42 Å². The number of aliphatic hydroxyl groups excluding tert-OH is 1. The lowest BCUT2D eigenvalue weighted by atomic mass is 9.96. The van der Waals surface area contributed by atoms with Gasteiger partial charge >= 0.3 is 0 Å². The summed E-state index contributed by atoms with van der Waals surface area (Å²) in [6, 6.07) is 31.8. The molecule has 0 unspecified atom stereocenters. The van der Waals surface area contributed by atoms with E-state index in [1.54, 1.807) is 0 Å². The second kappa shape index (κ2) is 9.74. The van der Waals surface area contributed by atoms with Gasteiger partial charge in [-0.1, -0.05) is 112 Å². The molecule has 30 heavy (non-hydrogen) atoms. The third-order valence-electron chi connectivity index (χ3n) is 6.02. The normalized spacial score (nSPS) is 14.3. The molecule has 0 saturated heterocycles. The molecule has 3 rings (SSSR count). The lowest BCUT2D eigenvalue weighted by Crippen LogP contribution is -2.68. The van der Waals surface area contributed by atoms with Gasteiger partial charge in [0.1, 0.15) is 0 Å². The van der Waals surface area contributed by atoms with Crippen LogP contribution in [0.4, 0.5) is 0 Å². The van der Waals surface area contributed by atoms with E-state index in [1.165, 1.54) is 15.9 Å². The third-order valence-corrected chi connectivity index (χ3v) is 11.1. The van der Waals surface area contributed by atoms with Crippen LogP contribution in [0.25, 0.3) is 0 Å². The van der Waals surface area contributed by atoms with Crippen molar-refractivity contribution in [3.63, 3.8) is 0 Å². The van der Waals surface area contributed by atoms with Crippen molar-refractivity contribution in [1.29, 1.82) is 0 Å². The van der Waals surface area contributed by atoms with Crippen LogP contribution in [0.5, 0.6) is 0 Å². The Balaban J connectivity index is 2.04. The van der Waals surface area contributed by atoms with E-state index >= 15 is 0 Å². The maximum Gasteiger partial charge on any atom is 0.261 e. The number of hydrogen-bond acceptors (Lipinski definition) is 2. The first-order valence-electron chi connectivity index (χ1n) is 10.8. The molecule has 0 amide bonds. The lowest BCUT2D eigenvalue weighted by molar-refractivity contribution is 0.0915. The van der Waals surface area contributed by atoms with Crippen molar-refractivity contribution in [2.24, 2.45) is 5.92 Å². The Bertz CT molecular complexity index is 849. The van der Waals surface area contributed by atoms with Crippen LogP contribution in [0.1, 0.15) is 33.3 Å². The standard InChI is InChI=1S/C27H34O2Si/c1-22(24(21-28)20-23-14-8-5-9-15-23)29-30(27(2,3)4,25-16-10-6-11-17-25)26-18-12-7-13-19-26/h5-19,22,24,28H,20-21H2,1-4H3/t22-,24-/m1/s1. The quantitative estimate of drug-likeness (QED) is 0.532. The fourth-order valence-corrected chi connectivity index (χ4v) is 9.13. The van der Waals surface area contributed by atoms with Crippen molar-refractivity contribution in [3.05, 3.63) is 96.6 Å². The maximum absolute atomic E-state index is 10.2. The zero-order valence-electron chi connectivity index (χ0n) is 18.6. The smallest absolute Gasteiger partial charge is 0.261 e. The first kappa shape index (κ1) is 22.5. The summed E-state index contributed by atoms with van der Waals surface area (Å²) in [6.45, 7) is 9.10. The molecular weight excluding hydrogens is 384 g/mol. The van der Waals surface area contributed by atoms with Crippen LogP contribution in [-0.2, 0) is 10.8 Å². The van der Waals surface area contributed by atoms with Gasteiger partial charge in [0.15, 0.2) is 0 Å². The molecule has 3 heteroatoms. The van der Waals surface area contributed by atoms with Crippen molar-refractivity contribution in [2.75, 3.05) is 6.61 Å². The SMILES string of the molecule is C[C@@H](O[Si](c1ccccc1)(c1ccccc1)C(C)(C)C)[C@@H](CO)Cc1ccccc1. The summed E-state index contributed by atoms with van der Waals surface area (Å²) in [5.41, 5.74) is 1.23. The summed E-state index contributed by atoms with van der Waals surface area (Å²) >= 11 is 0. The summed E-state index contributed by atoms with van der Waals surface area (Å²) in [7, 11) is -2.62. The minimum Gasteiger partial charge on any atom is -0.404 e. The van der Waals surface area contributed by atoms with E-state index in [4.69, 9.17) is 4.43 Å².